The quantitative estimate of drug-likeness (QED) is 0.674. The Morgan fingerprint density at radius 3 is 3.00 bits per heavy atom. The maximum atomic E-state index is 5.12. The normalized spacial score (nSPS) is 10.8. The molecule has 0 N–H and O–H groups in total. The first-order chi connectivity index (χ1) is 5.92. The zero-order valence-electron chi connectivity index (χ0n) is 6.79. The van der Waals surface area contributed by atoms with Crippen molar-refractivity contribution in [3.63, 3.8) is 0 Å². The van der Waals surface area contributed by atoms with Crippen molar-refractivity contribution in [1.29, 1.82) is 0 Å². The molecule has 1 heterocycles. The first-order valence-electron chi connectivity index (χ1n) is 4.04. The second-order valence-electron chi connectivity index (χ2n) is 2.73. The predicted octanol–water partition coefficient (Wildman–Crippen LogP) is 2.59. The lowest BCUT2D eigenvalue weighted by Crippen LogP contribution is -1.81. The van der Waals surface area contributed by atoms with Crippen LogP contribution in [0.3, 0.4) is 0 Å². The van der Waals surface area contributed by atoms with Crippen LogP contribution in [0.25, 0.3) is 11.0 Å². The molecule has 2 heteroatoms. The molecule has 0 spiro atoms. The molecule has 1 aromatic carbocycles. The summed E-state index contributed by atoms with van der Waals surface area (Å²) in [4.78, 5) is 0. The van der Waals surface area contributed by atoms with Crippen molar-refractivity contribution >= 4 is 11.0 Å². The Kier molecular flexibility index (Phi) is 1.82. The van der Waals surface area contributed by atoms with Crippen molar-refractivity contribution < 1.29 is 4.52 Å². The summed E-state index contributed by atoms with van der Waals surface area (Å²) in [6.45, 7) is 3.79. The zero-order chi connectivity index (χ0) is 8.39. The van der Waals surface area contributed by atoms with E-state index >= 15 is 0 Å². The summed E-state index contributed by atoms with van der Waals surface area (Å²) in [6, 6.07) is 7.89. The molecule has 12 heavy (non-hydrogen) atoms. The molecule has 0 aliphatic rings. The van der Waals surface area contributed by atoms with Gasteiger partial charge in [0.2, 0.25) is 0 Å². The van der Waals surface area contributed by atoms with E-state index in [1.165, 1.54) is 0 Å². The van der Waals surface area contributed by atoms with Gasteiger partial charge in [-0.05, 0) is 25.0 Å². The van der Waals surface area contributed by atoms with Crippen molar-refractivity contribution in [3.05, 3.63) is 36.9 Å². The van der Waals surface area contributed by atoms with E-state index in [0.717, 1.165) is 29.5 Å². The first-order valence-corrected chi connectivity index (χ1v) is 4.04. The summed E-state index contributed by atoms with van der Waals surface area (Å²) in [7, 11) is 0. The predicted molar refractivity (Wildman–Crippen MR) is 47.7 cm³/mol. The molecule has 2 rings (SSSR count). The van der Waals surface area contributed by atoms with Gasteiger partial charge in [0.15, 0.2) is 5.58 Å². The number of hydrogen-bond acceptors (Lipinski definition) is 2. The topological polar surface area (TPSA) is 26.0 Å². The Labute approximate surface area is 71.2 Å². The highest BCUT2D eigenvalue weighted by Crippen LogP contribution is 2.18. The van der Waals surface area contributed by atoms with E-state index in [4.69, 9.17) is 4.52 Å². The molecule has 0 bridgehead atoms. The number of aryl methyl sites for hydroxylation is 1. The van der Waals surface area contributed by atoms with Crippen LogP contribution in [0.1, 0.15) is 12.1 Å². The lowest BCUT2D eigenvalue weighted by molar-refractivity contribution is 0.446. The number of aromatic nitrogens is 1. The van der Waals surface area contributed by atoms with Crippen molar-refractivity contribution in [1.82, 2.24) is 5.16 Å². The number of nitrogens with zero attached hydrogens (tertiary/aromatic N) is 1. The molecule has 61 valence electrons. The van der Waals surface area contributed by atoms with Crippen LogP contribution in [-0.2, 0) is 6.42 Å². The standard InChI is InChI=1S/C10H10NO/c1-2-5-9-8-6-3-4-7-10(8)12-11-9/h3-4,6-7H,1-2,5H2. The van der Waals surface area contributed by atoms with Gasteiger partial charge in [-0.25, -0.2) is 0 Å². The second-order valence-corrected chi connectivity index (χ2v) is 2.73. The Hall–Kier alpha value is -1.31. The molecule has 1 aromatic heterocycles. The second kappa shape index (κ2) is 2.97. The zero-order valence-corrected chi connectivity index (χ0v) is 6.79. The Bertz CT molecular complexity index is 378. The average molecular weight is 160 g/mol. The average Bonchev–Trinajstić information content (AvgIpc) is 2.50. The number of benzene rings is 1. The molecule has 0 aliphatic carbocycles. The van der Waals surface area contributed by atoms with Gasteiger partial charge in [-0.2, -0.15) is 0 Å². The van der Waals surface area contributed by atoms with E-state index in [-0.39, 0.29) is 0 Å². The van der Waals surface area contributed by atoms with Crippen LogP contribution in [0.2, 0.25) is 0 Å². The van der Waals surface area contributed by atoms with Gasteiger partial charge in [0, 0.05) is 5.39 Å². The lowest BCUT2D eigenvalue weighted by Gasteiger charge is -1.89. The third-order valence-corrected chi connectivity index (χ3v) is 1.87. The number of fused-ring (bicyclic) bond motifs is 1. The monoisotopic (exact) mass is 160 g/mol. The molecule has 0 fully saturated rings. The third kappa shape index (κ3) is 1.09. The van der Waals surface area contributed by atoms with Crippen LogP contribution in [-0.4, -0.2) is 5.16 Å². The maximum absolute atomic E-state index is 5.12. The molecule has 2 nitrogen and oxygen atoms in total. The summed E-state index contributed by atoms with van der Waals surface area (Å²) in [5, 5.41) is 5.08. The van der Waals surface area contributed by atoms with Crippen LogP contribution >= 0.6 is 0 Å². The van der Waals surface area contributed by atoms with Crippen LogP contribution < -0.4 is 0 Å². The Balaban J connectivity index is 2.55. The van der Waals surface area contributed by atoms with Gasteiger partial charge in [0.25, 0.3) is 0 Å². The fraction of sp³-hybridized carbons (Fsp3) is 0.200. The Morgan fingerprint density at radius 1 is 1.33 bits per heavy atom. The van der Waals surface area contributed by atoms with E-state index in [1.54, 1.807) is 0 Å². The minimum atomic E-state index is 0.858. The van der Waals surface area contributed by atoms with Crippen molar-refractivity contribution in [3.8, 4) is 0 Å². The highest BCUT2D eigenvalue weighted by atomic mass is 16.5. The fourth-order valence-electron chi connectivity index (χ4n) is 1.29. The van der Waals surface area contributed by atoms with Crippen LogP contribution in [0.4, 0.5) is 0 Å². The fourth-order valence-corrected chi connectivity index (χ4v) is 1.29. The van der Waals surface area contributed by atoms with Crippen LogP contribution in [0, 0.1) is 6.92 Å². The van der Waals surface area contributed by atoms with Crippen molar-refractivity contribution in [2.45, 2.75) is 12.8 Å². The van der Waals surface area contributed by atoms with E-state index in [0.29, 0.717) is 0 Å². The number of para-hydroxylation sites is 1. The minimum Gasteiger partial charge on any atom is -0.356 e. The smallest absolute Gasteiger partial charge is 0.167 e. The molecule has 0 atom stereocenters. The van der Waals surface area contributed by atoms with E-state index < -0.39 is 0 Å². The highest BCUT2D eigenvalue weighted by Gasteiger charge is 2.04. The summed E-state index contributed by atoms with van der Waals surface area (Å²) < 4.78 is 5.12. The van der Waals surface area contributed by atoms with Gasteiger partial charge in [0.1, 0.15) is 0 Å². The van der Waals surface area contributed by atoms with Gasteiger partial charge in [-0.1, -0.05) is 24.2 Å². The van der Waals surface area contributed by atoms with Crippen molar-refractivity contribution in [2.24, 2.45) is 0 Å². The number of rotatable bonds is 2. The van der Waals surface area contributed by atoms with Gasteiger partial charge >= 0.3 is 0 Å². The highest BCUT2D eigenvalue weighted by molar-refractivity contribution is 5.79. The molecular weight excluding hydrogens is 150 g/mol. The van der Waals surface area contributed by atoms with Gasteiger partial charge < -0.3 is 4.52 Å². The molecular formula is C10H10NO. The third-order valence-electron chi connectivity index (χ3n) is 1.87. The van der Waals surface area contributed by atoms with Crippen LogP contribution in [0.5, 0.6) is 0 Å². The molecule has 0 saturated heterocycles. The molecule has 0 amide bonds. The molecule has 0 saturated carbocycles. The minimum absolute atomic E-state index is 0.858. The largest absolute Gasteiger partial charge is 0.356 e. The van der Waals surface area contributed by atoms with Crippen molar-refractivity contribution in [2.75, 3.05) is 0 Å². The van der Waals surface area contributed by atoms with E-state index in [1.807, 2.05) is 24.3 Å². The van der Waals surface area contributed by atoms with E-state index in [9.17, 15) is 0 Å². The number of hydrogen-bond donors (Lipinski definition) is 0. The first kappa shape index (κ1) is 7.35. The lowest BCUT2D eigenvalue weighted by atomic mass is 10.1. The summed E-state index contributed by atoms with van der Waals surface area (Å²) in [5.41, 5.74) is 1.88. The van der Waals surface area contributed by atoms with Gasteiger partial charge in [-0.15, -0.1) is 0 Å². The summed E-state index contributed by atoms with van der Waals surface area (Å²) >= 11 is 0. The summed E-state index contributed by atoms with van der Waals surface area (Å²) in [6.07, 6.45) is 1.74. The van der Waals surface area contributed by atoms with Crippen LogP contribution in [0.15, 0.2) is 28.8 Å². The molecule has 0 unspecified atom stereocenters. The summed E-state index contributed by atoms with van der Waals surface area (Å²) in [5.74, 6) is 0. The van der Waals surface area contributed by atoms with Gasteiger partial charge in [-0.3, -0.25) is 0 Å². The molecule has 0 aliphatic heterocycles. The SMILES string of the molecule is [CH2]CCc1noc2ccccc12. The van der Waals surface area contributed by atoms with E-state index in [2.05, 4.69) is 12.1 Å². The molecule has 1 radical (unpaired) electrons. The molecule has 2 aromatic rings. The van der Waals surface area contributed by atoms with Gasteiger partial charge in [0.05, 0.1) is 5.69 Å². The maximum Gasteiger partial charge on any atom is 0.167 e. The Morgan fingerprint density at radius 2 is 2.17 bits per heavy atom.